The monoisotopic (exact) mass is 283 g/mol. The van der Waals surface area contributed by atoms with Crippen LogP contribution in [0.3, 0.4) is 0 Å². The molecule has 0 spiro atoms. The fraction of sp³-hybridized carbons (Fsp3) is 0.615. The second-order valence-electron chi connectivity index (χ2n) is 5.21. The molecule has 0 aromatic heterocycles. The molecular formula is C13H17NO6. The molecule has 0 aromatic carbocycles. The van der Waals surface area contributed by atoms with E-state index in [1.54, 1.807) is 6.92 Å². The summed E-state index contributed by atoms with van der Waals surface area (Å²) < 4.78 is 4.87. The van der Waals surface area contributed by atoms with Crippen LogP contribution in [-0.4, -0.2) is 51.7 Å². The number of carboxylic acid groups (broad SMARTS) is 1. The molecule has 110 valence electrons. The maximum absolute atomic E-state index is 12.0. The SMILES string of the molecule is CC(=O)OCC1=C(C(=O)O)N2C(=O)[C@H]([C@@H](C)O)[C@H]2[C@H]1C. The fourth-order valence-corrected chi connectivity index (χ4v) is 3.01. The lowest BCUT2D eigenvalue weighted by Gasteiger charge is -2.46. The molecule has 7 heteroatoms. The van der Waals surface area contributed by atoms with E-state index in [2.05, 4.69) is 0 Å². The molecule has 0 bridgehead atoms. The topological polar surface area (TPSA) is 104 Å². The van der Waals surface area contributed by atoms with Gasteiger partial charge in [-0.05, 0) is 6.92 Å². The van der Waals surface area contributed by atoms with E-state index < -0.39 is 29.9 Å². The van der Waals surface area contributed by atoms with Crippen molar-refractivity contribution in [3.05, 3.63) is 11.3 Å². The Labute approximate surface area is 115 Å². The molecule has 1 fully saturated rings. The van der Waals surface area contributed by atoms with Crippen molar-refractivity contribution in [1.82, 2.24) is 4.90 Å². The molecule has 0 aliphatic carbocycles. The van der Waals surface area contributed by atoms with Crippen molar-refractivity contribution in [2.24, 2.45) is 11.8 Å². The lowest BCUT2D eigenvalue weighted by Crippen LogP contribution is -2.63. The predicted molar refractivity (Wildman–Crippen MR) is 66.3 cm³/mol. The Morgan fingerprint density at radius 2 is 2.05 bits per heavy atom. The summed E-state index contributed by atoms with van der Waals surface area (Å²) in [5.74, 6) is -3.00. The van der Waals surface area contributed by atoms with Gasteiger partial charge in [0.2, 0.25) is 5.91 Å². The van der Waals surface area contributed by atoms with E-state index in [1.807, 2.05) is 0 Å². The number of carbonyl (C=O) groups excluding carboxylic acids is 2. The number of β-lactam (4-membered cyclic amide) rings is 1. The van der Waals surface area contributed by atoms with E-state index in [-0.39, 0.29) is 24.3 Å². The minimum atomic E-state index is -1.22. The number of esters is 1. The number of rotatable bonds is 4. The zero-order valence-corrected chi connectivity index (χ0v) is 11.5. The van der Waals surface area contributed by atoms with E-state index in [1.165, 1.54) is 18.7 Å². The Kier molecular flexibility index (Phi) is 3.56. The Morgan fingerprint density at radius 1 is 1.45 bits per heavy atom. The molecule has 1 saturated heterocycles. The second-order valence-corrected chi connectivity index (χ2v) is 5.21. The molecule has 2 heterocycles. The summed E-state index contributed by atoms with van der Waals surface area (Å²) in [6, 6.07) is -0.376. The number of hydrogen-bond acceptors (Lipinski definition) is 5. The van der Waals surface area contributed by atoms with Crippen LogP contribution in [0.4, 0.5) is 0 Å². The van der Waals surface area contributed by atoms with E-state index in [9.17, 15) is 24.6 Å². The van der Waals surface area contributed by atoms with Crippen molar-refractivity contribution in [1.29, 1.82) is 0 Å². The Morgan fingerprint density at radius 3 is 2.50 bits per heavy atom. The van der Waals surface area contributed by atoms with Crippen molar-refractivity contribution in [3.63, 3.8) is 0 Å². The van der Waals surface area contributed by atoms with Crippen LogP contribution in [0.15, 0.2) is 11.3 Å². The Bertz CT molecular complexity index is 509. The van der Waals surface area contributed by atoms with Gasteiger partial charge in [0.1, 0.15) is 12.3 Å². The summed E-state index contributed by atoms with van der Waals surface area (Å²) >= 11 is 0. The standard InChI is InChI=1S/C13H17NO6/c1-5-8(4-20-7(3)16)11(13(18)19)14-10(5)9(6(2)15)12(14)17/h5-6,9-10,15H,4H2,1-3H3,(H,18,19)/t5-,6+,9+,10+/m0/s1. The number of aliphatic hydroxyl groups is 1. The largest absolute Gasteiger partial charge is 0.477 e. The van der Waals surface area contributed by atoms with Gasteiger partial charge in [-0.3, -0.25) is 9.59 Å². The van der Waals surface area contributed by atoms with Crippen LogP contribution in [0.5, 0.6) is 0 Å². The molecule has 2 N–H and O–H groups in total. The lowest BCUT2D eigenvalue weighted by atomic mass is 9.78. The van der Waals surface area contributed by atoms with Gasteiger partial charge in [0.05, 0.1) is 18.1 Å². The summed E-state index contributed by atoms with van der Waals surface area (Å²) in [5, 5.41) is 18.9. The number of aliphatic carboxylic acids is 1. The molecule has 0 radical (unpaired) electrons. The molecular weight excluding hydrogens is 266 g/mol. The van der Waals surface area contributed by atoms with Gasteiger partial charge in [0.25, 0.3) is 0 Å². The van der Waals surface area contributed by atoms with Crippen LogP contribution < -0.4 is 0 Å². The van der Waals surface area contributed by atoms with Crippen molar-refractivity contribution in [2.45, 2.75) is 32.9 Å². The average Bonchev–Trinajstić information content (AvgIpc) is 2.56. The molecule has 4 atom stereocenters. The number of hydrogen-bond donors (Lipinski definition) is 2. The number of carbonyl (C=O) groups is 3. The van der Waals surface area contributed by atoms with Gasteiger partial charge >= 0.3 is 11.9 Å². The number of nitrogens with zero attached hydrogens (tertiary/aromatic N) is 1. The van der Waals surface area contributed by atoms with Gasteiger partial charge in [-0.2, -0.15) is 0 Å². The highest BCUT2D eigenvalue weighted by atomic mass is 16.5. The minimum Gasteiger partial charge on any atom is -0.477 e. The maximum Gasteiger partial charge on any atom is 0.352 e. The van der Waals surface area contributed by atoms with Crippen LogP contribution in [0.1, 0.15) is 20.8 Å². The number of carboxylic acids is 1. The third-order valence-electron chi connectivity index (χ3n) is 3.95. The minimum absolute atomic E-state index is 0.120. The van der Waals surface area contributed by atoms with E-state index in [0.29, 0.717) is 5.57 Å². The van der Waals surface area contributed by atoms with Gasteiger partial charge in [0, 0.05) is 18.4 Å². The van der Waals surface area contributed by atoms with Gasteiger partial charge in [-0.1, -0.05) is 6.92 Å². The van der Waals surface area contributed by atoms with Crippen molar-refractivity contribution in [3.8, 4) is 0 Å². The van der Waals surface area contributed by atoms with Gasteiger partial charge in [0.15, 0.2) is 0 Å². The molecule has 1 amide bonds. The van der Waals surface area contributed by atoms with Crippen LogP contribution in [0, 0.1) is 11.8 Å². The molecule has 0 unspecified atom stereocenters. The van der Waals surface area contributed by atoms with Crippen LogP contribution >= 0.6 is 0 Å². The van der Waals surface area contributed by atoms with Crippen molar-refractivity contribution in [2.75, 3.05) is 6.61 Å². The van der Waals surface area contributed by atoms with E-state index in [4.69, 9.17) is 4.74 Å². The normalized spacial score (nSPS) is 29.9. The van der Waals surface area contributed by atoms with Gasteiger partial charge < -0.3 is 19.8 Å². The van der Waals surface area contributed by atoms with Crippen LogP contribution in [0.2, 0.25) is 0 Å². The van der Waals surface area contributed by atoms with E-state index in [0.717, 1.165) is 0 Å². The highest BCUT2D eigenvalue weighted by Crippen LogP contribution is 2.47. The first kappa shape index (κ1) is 14.5. The average molecular weight is 283 g/mol. The third kappa shape index (κ3) is 1.98. The summed E-state index contributed by atoms with van der Waals surface area (Å²) in [4.78, 5) is 35.4. The van der Waals surface area contributed by atoms with Crippen molar-refractivity contribution >= 4 is 17.8 Å². The van der Waals surface area contributed by atoms with Crippen LogP contribution in [-0.2, 0) is 19.1 Å². The molecule has 0 aromatic rings. The first-order valence-electron chi connectivity index (χ1n) is 6.38. The summed E-state index contributed by atoms with van der Waals surface area (Å²) in [6.07, 6.45) is -0.839. The van der Waals surface area contributed by atoms with Crippen LogP contribution in [0.25, 0.3) is 0 Å². The summed E-state index contributed by atoms with van der Waals surface area (Å²) in [6.45, 7) is 4.37. The molecule has 2 aliphatic rings. The van der Waals surface area contributed by atoms with Crippen molar-refractivity contribution < 1.29 is 29.3 Å². The molecule has 7 nitrogen and oxygen atoms in total. The maximum atomic E-state index is 12.0. The first-order chi connectivity index (χ1) is 9.27. The molecule has 2 rings (SSSR count). The Hall–Kier alpha value is -1.89. The van der Waals surface area contributed by atoms with Gasteiger partial charge in [-0.25, -0.2) is 4.79 Å². The highest BCUT2D eigenvalue weighted by molar-refractivity contribution is 6.00. The highest BCUT2D eigenvalue weighted by Gasteiger charge is 2.59. The number of fused-ring (bicyclic) bond motifs is 1. The zero-order chi connectivity index (χ0) is 15.2. The Balaban J connectivity index is 2.32. The smallest absolute Gasteiger partial charge is 0.352 e. The fourth-order valence-electron chi connectivity index (χ4n) is 3.01. The van der Waals surface area contributed by atoms with Gasteiger partial charge in [-0.15, -0.1) is 0 Å². The quantitative estimate of drug-likeness (QED) is 0.544. The lowest BCUT2D eigenvalue weighted by molar-refractivity contribution is -0.163. The summed E-state index contributed by atoms with van der Waals surface area (Å²) in [5.41, 5.74) is 0.292. The zero-order valence-electron chi connectivity index (χ0n) is 11.5. The molecule has 0 saturated carbocycles. The van der Waals surface area contributed by atoms with E-state index >= 15 is 0 Å². The number of ether oxygens (including phenoxy) is 1. The number of amides is 1. The second kappa shape index (κ2) is 4.90. The first-order valence-corrected chi connectivity index (χ1v) is 6.38. The predicted octanol–water partition coefficient (Wildman–Crippen LogP) is -0.254. The molecule has 2 aliphatic heterocycles. The third-order valence-corrected chi connectivity index (χ3v) is 3.95. The summed E-state index contributed by atoms with van der Waals surface area (Å²) in [7, 11) is 0. The molecule has 20 heavy (non-hydrogen) atoms. The number of aliphatic hydroxyl groups excluding tert-OH is 1.